The Morgan fingerprint density at radius 2 is 1.65 bits per heavy atom. The summed E-state index contributed by atoms with van der Waals surface area (Å²) in [5.74, 6) is 0.219. The summed E-state index contributed by atoms with van der Waals surface area (Å²) >= 11 is 1.42. The van der Waals surface area contributed by atoms with Gasteiger partial charge in [-0.1, -0.05) is 94.9 Å². The average Bonchev–Trinajstić information content (AvgIpc) is 4.00. The lowest BCUT2D eigenvalue weighted by Crippen LogP contribution is -2.49. The van der Waals surface area contributed by atoms with E-state index in [1.54, 1.807) is 11.0 Å². The lowest BCUT2D eigenvalue weighted by molar-refractivity contribution is -0.132. The summed E-state index contributed by atoms with van der Waals surface area (Å²) in [5.41, 5.74) is 3.48. The number of nitrogens with one attached hydrogen (secondary N) is 3. The normalized spacial score (nSPS) is 14.8. The number of anilines is 1. The van der Waals surface area contributed by atoms with Gasteiger partial charge in [-0.3, -0.25) is 19.7 Å². The number of nitrogens with zero attached hydrogens (tertiary/aromatic N) is 6. The van der Waals surface area contributed by atoms with Crippen molar-refractivity contribution >= 4 is 35.0 Å². The van der Waals surface area contributed by atoms with Crippen LogP contribution in [0, 0.1) is 5.92 Å². The van der Waals surface area contributed by atoms with Crippen LogP contribution in [0.3, 0.4) is 0 Å². The highest BCUT2D eigenvalue weighted by Crippen LogP contribution is 2.30. The van der Waals surface area contributed by atoms with Gasteiger partial charge in [0.1, 0.15) is 11.8 Å². The van der Waals surface area contributed by atoms with E-state index in [9.17, 15) is 14.4 Å². The fraction of sp³-hybridized carbons (Fsp3) is 0.415. The van der Waals surface area contributed by atoms with Gasteiger partial charge in [-0.15, -0.1) is 16.4 Å². The van der Waals surface area contributed by atoms with Gasteiger partial charge >= 0.3 is 0 Å². The first kappa shape index (κ1) is 39.2. The van der Waals surface area contributed by atoms with Gasteiger partial charge in [-0.2, -0.15) is 5.21 Å². The molecule has 0 aliphatic carbocycles. The van der Waals surface area contributed by atoms with Crippen LogP contribution in [0.2, 0.25) is 0 Å². The minimum absolute atomic E-state index is 0.0782. The van der Waals surface area contributed by atoms with E-state index in [1.807, 2.05) is 67.0 Å². The van der Waals surface area contributed by atoms with Gasteiger partial charge in [0.15, 0.2) is 5.82 Å². The van der Waals surface area contributed by atoms with Gasteiger partial charge in [0.05, 0.1) is 17.4 Å². The number of benzene rings is 2. The first-order valence-electron chi connectivity index (χ1n) is 19.0. The molecule has 2 unspecified atom stereocenters. The van der Waals surface area contributed by atoms with Crippen molar-refractivity contribution in [2.45, 2.75) is 84.1 Å². The third kappa shape index (κ3) is 10.6. The zero-order chi connectivity index (χ0) is 38.8. The highest BCUT2D eigenvalue weighted by molar-refractivity contribution is 7.14. The van der Waals surface area contributed by atoms with Crippen molar-refractivity contribution in [1.82, 2.24) is 40.8 Å². The molecule has 4 heterocycles. The molecule has 288 valence electrons. The maximum absolute atomic E-state index is 14.0. The maximum atomic E-state index is 14.0. The molecule has 14 heteroatoms. The van der Waals surface area contributed by atoms with Crippen LogP contribution in [0.1, 0.15) is 86.3 Å². The number of ether oxygens (including phenoxy) is 1. The second-order valence-corrected chi connectivity index (χ2v) is 16.0. The molecular weight excluding hydrogens is 715 g/mol. The predicted octanol–water partition coefficient (Wildman–Crippen LogP) is 6.86. The maximum Gasteiger partial charge on any atom is 0.269 e. The van der Waals surface area contributed by atoms with E-state index in [2.05, 4.69) is 68.9 Å². The number of likely N-dealkylation sites (tertiary alicyclic amines) is 1. The van der Waals surface area contributed by atoms with Gasteiger partial charge in [-0.05, 0) is 58.9 Å². The average molecular weight is 764 g/mol. The molecule has 6 rings (SSSR count). The van der Waals surface area contributed by atoms with Crippen molar-refractivity contribution in [3.8, 4) is 28.3 Å². The Balaban J connectivity index is 1.10. The zero-order valence-corrected chi connectivity index (χ0v) is 32.7. The highest BCUT2D eigenvalue weighted by atomic mass is 32.1. The molecule has 0 bridgehead atoms. The number of hydrogen-bond donors (Lipinski definition) is 3. The van der Waals surface area contributed by atoms with Crippen LogP contribution in [-0.4, -0.2) is 79.0 Å². The van der Waals surface area contributed by atoms with Gasteiger partial charge in [0.2, 0.25) is 11.8 Å². The number of carbonyl (C=O) groups excluding carboxylic acids is 3. The van der Waals surface area contributed by atoms with E-state index >= 15 is 0 Å². The van der Waals surface area contributed by atoms with E-state index in [-0.39, 0.29) is 42.1 Å². The largest absolute Gasteiger partial charge is 0.494 e. The topological polar surface area (TPSA) is 168 Å². The number of thiophene rings is 1. The summed E-state index contributed by atoms with van der Waals surface area (Å²) < 4.78 is 5.91. The molecule has 3 aromatic heterocycles. The van der Waals surface area contributed by atoms with E-state index in [0.717, 1.165) is 45.9 Å². The standard InChI is InChI=1S/C41H49N9O4S/c1-5-6-7-8-9-22-54-32-16-14-28(15-17-32)31-24-42-36(43-25-31)29-12-10-27(11-13-29)23-33(44-38(52)34-18-19-35(55-34)41(2,3)4)39(53)50-21-20-30(26-50)37(51)45-40-46-48-49-47-40/h10-19,24-25,30,33H,5-9,20-23,26H2,1-4H3,(H,44,52)(H2,45,46,47,48,49,51). The minimum Gasteiger partial charge on any atom is -0.494 e. The number of rotatable bonds is 16. The molecule has 0 saturated carbocycles. The number of H-pyrrole nitrogens is 1. The van der Waals surface area contributed by atoms with E-state index in [0.29, 0.717) is 23.7 Å². The molecule has 0 radical (unpaired) electrons. The second-order valence-electron chi connectivity index (χ2n) is 14.9. The molecule has 2 aromatic carbocycles. The lowest BCUT2D eigenvalue weighted by atomic mass is 9.95. The minimum atomic E-state index is -0.851. The van der Waals surface area contributed by atoms with Crippen molar-refractivity contribution in [2.24, 2.45) is 5.92 Å². The van der Waals surface area contributed by atoms with Crippen LogP contribution in [-0.2, 0) is 21.4 Å². The number of aromatic nitrogens is 6. The molecule has 1 aliphatic rings. The Bertz CT molecular complexity index is 2010. The van der Waals surface area contributed by atoms with Crippen LogP contribution in [0.25, 0.3) is 22.5 Å². The summed E-state index contributed by atoms with van der Waals surface area (Å²) in [5, 5.41) is 19.0. The number of tetrazole rings is 1. The van der Waals surface area contributed by atoms with Crippen molar-refractivity contribution in [3.05, 3.63) is 88.4 Å². The quantitative estimate of drug-likeness (QED) is 0.0910. The van der Waals surface area contributed by atoms with Crippen LogP contribution >= 0.6 is 11.3 Å². The number of amides is 3. The number of carbonyl (C=O) groups is 3. The van der Waals surface area contributed by atoms with Crippen molar-refractivity contribution < 1.29 is 19.1 Å². The summed E-state index contributed by atoms with van der Waals surface area (Å²) in [7, 11) is 0. The molecule has 5 aromatic rings. The third-order valence-corrected chi connectivity index (χ3v) is 11.1. The van der Waals surface area contributed by atoms with E-state index < -0.39 is 12.0 Å². The number of hydrogen-bond acceptors (Lipinski definition) is 10. The zero-order valence-electron chi connectivity index (χ0n) is 31.9. The third-order valence-electron chi connectivity index (χ3n) is 9.63. The van der Waals surface area contributed by atoms with Crippen LogP contribution < -0.4 is 15.4 Å². The van der Waals surface area contributed by atoms with Gasteiger partial charge in [-0.25, -0.2) is 9.97 Å². The van der Waals surface area contributed by atoms with Crippen LogP contribution in [0.4, 0.5) is 5.95 Å². The fourth-order valence-corrected chi connectivity index (χ4v) is 7.37. The molecule has 2 atom stereocenters. The smallest absolute Gasteiger partial charge is 0.269 e. The predicted molar refractivity (Wildman–Crippen MR) is 213 cm³/mol. The molecule has 3 N–H and O–H groups in total. The first-order chi connectivity index (χ1) is 26.6. The lowest BCUT2D eigenvalue weighted by Gasteiger charge is -2.24. The summed E-state index contributed by atoms with van der Waals surface area (Å²) in [6, 6.07) is 18.6. The Labute approximate surface area is 325 Å². The van der Waals surface area contributed by atoms with Crippen LogP contribution in [0.15, 0.2) is 73.1 Å². The Hall–Kier alpha value is -5.50. The Kier molecular flexibility index (Phi) is 13.0. The Morgan fingerprint density at radius 1 is 0.927 bits per heavy atom. The first-order valence-corrected chi connectivity index (χ1v) is 19.8. The van der Waals surface area contributed by atoms with E-state index in [4.69, 9.17) is 4.74 Å². The van der Waals surface area contributed by atoms with E-state index in [1.165, 1.54) is 37.0 Å². The van der Waals surface area contributed by atoms with Gasteiger partial charge in [0, 0.05) is 47.9 Å². The van der Waals surface area contributed by atoms with Gasteiger partial charge < -0.3 is 15.0 Å². The second kappa shape index (κ2) is 18.2. The summed E-state index contributed by atoms with van der Waals surface area (Å²) in [4.78, 5) is 52.9. The molecule has 1 fully saturated rings. The molecule has 13 nitrogen and oxygen atoms in total. The molecule has 55 heavy (non-hydrogen) atoms. The Morgan fingerprint density at radius 3 is 2.33 bits per heavy atom. The number of unbranched alkanes of at least 4 members (excludes halogenated alkanes) is 4. The summed E-state index contributed by atoms with van der Waals surface area (Å²) in [6.45, 7) is 9.83. The molecule has 1 aliphatic heterocycles. The summed E-state index contributed by atoms with van der Waals surface area (Å²) in [6.07, 6.45) is 10.4. The fourth-order valence-electron chi connectivity index (χ4n) is 6.41. The monoisotopic (exact) mass is 763 g/mol. The number of aromatic amines is 1. The molecule has 0 spiro atoms. The van der Waals surface area contributed by atoms with Gasteiger partial charge in [0.25, 0.3) is 11.9 Å². The molecule has 3 amide bonds. The molecular formula is C41H49N9O4S. The van der Waals surface area contributed by atoms with Crippen LogP contribution in [0.5, 0.6) is 5.75 Å². The SMILES string of the molecule is CCCCCCCOc1ccc(-c2cnc(-c3ccc(CC(NC(=O)c4ccc(C(C)(C)C)s4)C(=O)N4CCC(C(=O)Nc5nn[nH]n5)C4)cc3)nc2)cc1. The van der Waals surface area contributed by atoms with Crippen molar-refractivity contribution in [3.63, 3.8) is 0 Å². The van der Waals surface area contributed by atoms with Crippen molar-refractivity contribution in [1.29, 1.82) is 0 Å². The van der Waals surface area contributed by atoms with Crippen molar-refractivity contribution in [2.75, 3.05) is 25.0 Å². The highest BCUT2D eigenvalue weighted by Gasteiger charge is 2.35. The molecule has 1 saturated heterocycles.